The Labute approximate surface area is 124 Å². The molecule has 6 nitrogen and oxygen atoms in total. The van der Waals surface area contributed by atoms with Gasteiger partial charge in [0.05, 0.1) is 30.7 Å². The normalized spacial score (nSPS) is 11.2. The summed E-state index contributed by atoms with van der Waals surface area (Å²) in [5, 5.41) is 3.30. The molecule has 0 heterocycles. The second-order valence-corrected chi connectivity index (χ2v) is 6.21. The quantitative estimate of drug-likeness (QED) is 0.713. The molecule has 0 saturated carbocycles. The van der Waals surface area contributed by atoms with Crippen LogP contribution in [0.3, 0.4) is 0 Å². The summed E-state index contributed by atoms with van der Waals surface area (Å²) in [5.74, 6) is 0.675. The standard InChI is InChI=1S/C12H19ClN2O4S/c1-4-14-5-6-20(16,17)15-10-8-11(18-2)9(13)7-12(10)19-3/h7-8,14-15H,4-6H2,1-3H3. The zero-order valence-corrected chi connectivity index (χ0v) is 13.3. The van der Waals surface area contributed by atoms with E-state index in [1.54, 1.807) is 0 Å². The van der Waals surface area contributed by atoms with Crippen molar-refractivity contribution in [2.24, 2.45) is 0 Å². The average Bonchev–Trinajstić information content (AvgIpc) is 2.40. The first-order chi connectivity index (χ1) is 9.43. The molecule has 8 heteroatoms. The Balaban J connectivity index is 2.95. The molecule has 0 radical (unpaired) electrons. The molecule has 0 spiro atoms. The van der Waals surface area contributed by atoms with Gasteiger partial charge in [-0.25, -0.2) is 8.42 Å². The molecular weight excluding hydrogens is 304 g/mol. The van der Waals surface area contributed by atoms with E-state index in [2.05, 4.69) is 10.0 Å². The maximum atomic E-state index is 11.9. The van der Waals surface area contributed by atoms with Crippen molar-refractivity contribution < 1.29 is 17.9 Å². The SMILES string of the molecule is CCNCCS(=O)(=O)Nc1cc(OC)c(Cl)cc1OC. The molecule has 20 heavy (non-hydrogen) atoms. The number of hydrogen-bond donors (Lipinski definition) is 2. The van der Waals surface area contributed by atoms with Crippen molar-refractivity contribution in [2.75, 3.05) is 37.8 Å². The van der Waals surface area contributed by atoms with E-state index in [1.807, 2.05) is 6.92 Å². The van der Waals surface area contributed by atoms with Gasteiger partial charge in [0.15, 0.2) is 0 Å². The van der Waals surface area contributed by atoms with Crippen LogP contribution in [0.1, 0.15) is 6.92 Å². The molecule has 0 aromatic heterocycles. The van der Waals surface area contributed by atoms with E-state index in [0.717, 1.165) is 0 Å². The fraction of sp³-hybridized carbons (Fsp3) is 0.500. The predicted octanol–water partition coefficient (Wildman–Crippen LogP) is 1.71. The molecule has 0 saturated heterocycles. The van der Waals surface area contributed by atoms with E-state index >= 15 is 0 Å². The maximum absolute atomic E-state index is 11.9. The highest BCUT2D eigenvalue weighted by molar-refractivity contribution is 7.92. The smallest absolute Gasteiger partial charge is 0.234 e. The number of halogens is 1. The van der Waals surface area contributed by atoms with Gasteiger partial charge in [0.25, 0.3) is 0 Å². The van der Waals surface area contributed by atoms with Crippen LogP contribution in [0.2, 0.25) is 5.02 Å². The molecule has 0 aliphatic heterocycles. The molecule has 0 fully saturated rings. The first kappa shape index (κ1) is 16.9. The second kappa shape index (κ2) is 7.56. The molecule has 0 bridgehead atoms. The molecule has 2 N–H and O–H groups in total. The zero-order chi connectivity index (χ0) is 15.2. The van der Waals surface area contributed by atoms with Crippen molar-refractivity contribution in [2.45, 2.75) is 6.92 Å². The van der Waals surface area contributed by atoms with Crippen LogP contribution in [-0.4, -0.2) is 41.5 Å². The Morgan fingerprint density at radius 2 is 1.85 bits per heavy atom. The first-order valence-corrected chi connectivity index (χ1v) is 8.09. The Bertz CT molecular complexity index is 549. The van der Waals surface area contributed by atoms with E-state index in [9.17, 15) is 8.42 Å². The molecule has 0 aliphatic rings. The molecule has 0 unspecified atom stereocenters. The summed E-state index contributed by atoms with van der Waals surface area (Å²) < 4.78 is 36.5. The highest BCUT2D eigenvalue weighted by Crippen LogP contribution is 2.36. The van der Waals surface area contributed by atoms with Gasteiger partial charge in [0.2, 0.25) is 10.0 Å². The number of anilines is 1. The summed E-state index contributed by atoms with van der Waals surface area (Å²) in [5.41, 5.74) is 0.297. The van der Waals surface area contributed by atoms with Crippen molar-refractivity contribution in [3.8, 4) is 11.5 Å². The number of methoxy groups -OCH3 is 2. The second-order valence-electron chi connectivity index (χ2n) is 3.96. The summed E-state index contributed by atoms with van der Waals surface area (Å²) >= 11 is 5.96. The fourth-order valence-corrected chi connectivity index (χ4v) is 2.78. The highest BCUT2D eigenvalue weighted by atomic mass is 35.5. The van der Waals surface area contributed by atoms with Crippen molar-refractivity contribution in [3.05, 3.63) is 17.2 Å². The molecule has 0 aliphatic carbocycles. The minimum atomic E-state index is -3.47. The van der Waals surface area contributed by atoms with Gasteiger partial charge in [-0.05, 0) is 6.54 Å². The fourth-order valence-electron chi connectivity index (χ4n) is 1.54. The van der Waals surface area contributed by atoms with E-state index in [-0.39, 0.29) is 5.75 Å². The van der Waals surface area contributed by atoms with Crippen molar-refractivity contribution >= 4 is 27.3 Å². The maximum Gasteiger partial charge on any atom is 0.234 e. The number of hydrogen-bond acceptors (Lipinski definition) is 5. The lowest BCUT2D eigenvalue weighted by Crippen LogP contribution is -2.26. The monoisotopic (exact) mass is 322 g/mol. The van der Waals surface area contributed by atoms with Crippen LogP contribution in [0.5, 0.6) is 11.5 Å². The van der Waals surface area contributed by atoms with Crippen LogP contribution < -0.4 is 19.5 Å². The molecule has 0 amide bonds. The third kappa shape index (κ3) is 4.73. The molecule has 114 valence electrons. The van der Waals surface area contributed by atoms with Crippen LogP contribution in [0.25, 0.3) is 0 Å². The van der Waals surface area contributed by atoms with E-state index in [4.69, 9.17) is 21.1 Å². The van der Waals surface area contributed by atoms with Gasteiger partial charge in [-0.2, -0.15) is 0 Å². The average molecular weight is 323 g/mol. The summed E-state index contributed by atoms with van der Waals surface area (Å²) in [6, 6.07) is 2.99. The van der Waals surface area contributed by atoms with Gasteiger partial charge >= 0.3 is 0 Å². The van der Waals surface area contributed by atoms with Crippen LogP contribution in [0, 0.1) is 0 Å². The van der Waals surface area contributed by atoms with E-state index < -0.39 is 10.0 Å². The minimum absolute atomic E-state index is 0.0328. The largest absolute Gasteiger partial charge is 0.495 e. The van der Waals surface area contributed by atoms with Crippen LogP contribution in [0.4, 0.5) is 5.69 Å². The van der Waals surface area contributed by atoms with Gasteiger partial charge in [-0.3, -0.25) is 4.72 Å². The number of rotatable bonds is 8. The van der Waals surface area contributed by atoms with Gasteiger partial charge in [0.1, 0.15) is 11.5 Å². The van der Waals surface area contributed by atoms with E-state index in [1.165, 1.54) is 26.4 Å². The summed E-state index contributed by atoms with van der Waals surface area (Å²) in [4.78, 5) is 0. The number of benzene rings is 1. The van der Waals surface area contributed by atoms with E-state index in [0.29, 0.717) is 35.3 Å². The van der Waals surface area contributed by atoms with Crippen LogP contribution in [0.15, 0.2) is 12.1 Å². The summed E-state index contributed by atoms with van der Waals surface area (Å²) in [6.07, 6.45) is 0. The lowest BCUT2D eigenvalue weighted by Gasteiger charge is -2.14. The Morgan fingerprint density at radius 1 is 1.20 bits per heavy atom. The number of nitrogens with one attached hydrogen (secondary N) is 2. The Kier molecular flexibility index (Phi) is 6.38. The summed E-state index contributed by atoms with van der Waals surface area (Å²) in [6.45, 7) is 3.00. The third-order valence-corrected chi connectivity index (χ3v) is 4.10. The van der Waals surface area contributed by atoms with Crippen LogP contribution in [-0.2, 0) is 10.0 Å². The topological polar surface area (TPSA) is 76.7 Å². The van der Waals surface area contributed by atoms with Gasteiger partial charge in [-0.1, -0.05) is 18.5 Å². The minimum Gasteiger partial charge on any atom is -0.495 e. The number of sulfonamides is 1. The van der Waals surface area contributed by atoms with Gasteiger partial charge < -0.3 is 14.8 Å². The number of ether oxygens (including phenoxy) is 2. The van der Waals surface area contributed by atoms with Gasteiger partial charge in [0, 0.05) is 18.7 Å². The highest BCUT2D eigenvalue weighted by Gasteiger charge is 2.16. The molecular formula is C12H19ClN2O4S. The van der Waals surface area contributed by atoms with Crippen LogP contribution >= 0.6 is 11.6 Å². The molecule has 1 rings (SSSR count). The van der Waals surface area contributed by atoms with Crippen molar-refractivity contribution in [3.63, 3.8) is 0 Å². The third-order valence-electron chi connectivity index (χ3n) is 2.54. The Morgan fingerprint density at radius 3 is 2.40 bits per heavy atom. The molecule has 1 aromatic carbocycles. The Hall–Kier alpha value is -1.18. The van der Waals surface area contributed by atoms with Gasteiger partial charge in [-0.15, -0.1) is 0 Å². The summed E-state index contributed by atoms with van der Waals surface area (Å²) in [7, 11) is -0.574. The predicted molar refractivity (Wildman–Crippen MR) is 80.5 cm³/mol. The molecule has 0 atom stereocenters. The lowest BCUT2D eigenvalue weighted by molar-refractivity contribution is 0.405. The van der Waals surface area contributed by atoms with Crippen molar-refractivity contribution in [1.29, 1.82) is 0 Å². The lowest BCUT2D eigenvalue weighted by atomic mass is 10.3. The van der Waals surface area contributed by atoms with Crippen molar-refractivity contribution in [1.82, 2.24) is 5.32 Å². The zero-order valence-electron chi connectivity index (χ0n) is 11.7. The first-order valence-electron chi connectivity index (χ1n) is 6.06. The molecule has 1 aromatic rings.